The molecule has 2 rings (SSSR count). The van der Waals surface area contributed by atoms with Crippen molar-refractivity contribution in [3.8, 4) is 0 Å². The van der Waals surface area contributed by atoms with Crippen molar-refractivity contribution in [2.75, 3.05) is 6.54 Å². The molecule has 0 radical (unpaired) electrons. The largest absolute Gasteiger partial charge is 0.313 e. The van der Waals surface area contributed by atoms with E-state index in [1.165, 1.54) is 49.7 Å². The molecule has 0 bridgehead atoms. The second-order valence-electron chi connectivity index (χ2n) is 6.71. The second kappa shape index (κ2) is 7.83. The Kier molecular flexibility index (Phi) is 6.09. The van der Waals surface area contributed by atoms with Gasteiger partial charge in [-0.1, -0.05) is 51.0 Å². The van der Waals surface area contributed by atoms with Crippen LogP contribution in [0.4, 0.5) is 0 Å². The first-order chi connectivity index (χ1) is 9.70. The van der Waals surface area contributed by atoms with E-state index in [0.29, 0.717) is 6.04 Å². The summed E-state index contributed by atoms with van der Waals surface area (Å²) in [6.45, 7) is 8.07. The fourth-order valence-corrected chi connectivity index (χ4v) is 3.50. The highest BCUT2D eigenvalue weighted by molar-refractivity contribution is 5.26. The van der Waals surface area contributed by atoms with Crippen LogP contribution in [0, 0.1) is 18.8 Å². The number of benzene rings is 1. The van der Waals surface area contributed by atoms with E-state index in [4.69, 9.17) is 0 Å². The van der Waals surface area contributed by atoms with Gasteiger partial charge in [0.25, 0.3) is 0 Å². The van der Waals surface area contributed by atoms with Crippen LogP contribution in [0.1, 0.15) is 57.1 Å². The van der Waals surface area contributed by atoms with Gasteiger partial charge in [-0.15, -0.1) is 0 Å². The van der Waals surface area contributed by atoms with Crippen LogP contribution in [-0.4, -0.2) is 12.6 Å². The van der Waals surface area contributed by atoms with Crippen molar-refractivity contribution in [2.24, 2.45) is 11.8 Å². The van der Waals surface area contributed by atoms with E-state index in [0.717, 1.165) is 18.4 Å². The first-order valence-corrected chi connectivity index (χ1v) is 8.48. The molecule has 1 aromatic carbocycles. The van der Waals surface area contributed by atoms with Gasteiger partial charge >= 0.3 is 0 Å². The average Bonchev–Trinajstić information content (AvgIpc) is 2.46. The highest BCUT2D eigenvalue weighted by atomic mass is 14.9. The zero-order valence-electron chi connectivity index (χ0n) is 13.5. The van der Waals surface area contributed by atoms with Crippen molar-refractivity contribution in [3.05, 3.63) is 35.4 Å². The summed E-state index contributed by atoms with van der Waals surface area (Å²) in [6.07, 6.45) is 8.09. The Balaban J connectivity index is 2.01. The van der Waals surface area contributed by atoms with Crippen molar-refractivity contribution in [1.29, 1.82) is 0 Å². The molecule has 1 saturated carbocycles. The highest BCUT2D eigenvalue weighted by Crippen LogP contribution is 2.31. The lowest BCUT2D eigenvalue weighted by Gasteiger charge is -2.34. The molecule has 1 N–H and O–H groups in total. The molecule has 1 unspecified atom stereocenters. The van der Waals surface area contributed by atoms with E-state index in [9.17, 15) is 0 Å². The molecule has 1 heteroatoms. The fraction of sp³-hybridized carbons (Fsp3) is 0.684. The SMILES string of the molecule is CCCNC(Cc1ccccc1C)C1CCC(C)CC1. The minimum atomic E-state index is 0.670. The van der Waals surface area contributed by atoms with Crippen molar-refractivity contribution in [1.82, 2.24) is 5.32 Å². The summed E-state index contributed by atoms with van der Waals surface area (Å²) >= 11 is 0. The Hall–Kier alpha value is -0.820. The number of hydrogen-bond acceptors (Lipinski definition) is 1. The highest BCUT2D eigenvalue weighted by Gasteiger charge is 2.26. The van der Waals surface area contributed by atoms with Gasteiger partial charge in [0.05, 0.1) is 0 Å². The van der Waals surface area contributed by atoms with Crippen molar-refractivity contribution < 1.29 is 0 Å². The number of rotatable bonds is 6. The van der Waals surface area contributed by atoms with Crippen LogP contribution >= 0.6 is 0 Å². The Morgan fingerprint density at radius 3 is 2.50 bits per heavy atom. The molecule has 1 aliphatic rings. The normalized spacial score (nSPS) is 24.6. The molecular formula is C19H31N. The summed E-state index contributed by atoms with van der Waals surface area (Å²) in [7, 11) is 0. The van der Waals surface area contributed by atoms with Crippen LogP contribution in [0.2, 0.25) is 0 Å². The molecule has 1 aliphatic carbocycles. The average molecular weight is 273 g/mol. The topological polar surface area (TPSA) is 12.0 Å². The van der Waals surface area contributed by atoms with Gasteiger partial charge in [-0.05, 0) is 62.1 Å². The summed E-state index contributed by atoms with van der Waals surface area (Å²) in [5.74, 6) is 1.81. The van der Waals surface area contributed by atoms with Gasteiger partial charge in [0.2, 0.25) is 0 Å². The van der Waals surface area contributed by atoms with Crippen LogP contribution in [0.5, 0.6) is 0 Å². The molecule has 1 nitrogen and oxygen atoms in total. The third kappa shape index (κ3) is 4.34. The van der Waals surface area contributed by atoms with Crippen LogP contribution in [0.3, 0.4) is 0 Å². The predicted molar refractivity (Wildman–Crippen MR) is 88.1 cm³/mol. The van der Waals surface area contributed by atoms with E-state index < -0.39 is 0 Å². The molecular weight excluding hydrogens is 242 g/mol. The van der Waals surface area contributed by atoms with E-state index in [1.54, 1.807) is 0 Å². The second-order valence-corrected chi connectivity index (χ2v) is 6.71. The maximum atomic E-state index is 3.83. The quantitative estimate of drug-likeness (QED) is 0.790. The minimum absolute atomic E-state index is 0.670. The Labute approximate surface area is 125 Å². The zero-order valence-corrected chi connectivity index (χ0v) is 13.5. The van der Waals surface area contributed by atoms with Gasteiger partial charge < -0.3 is 5.32 Å². The zero-order chi connectivity index (χ0) is 14.4. The first kappa shape index (κ1) is 15.6. The van der Waals surface area contributed by atoms with E-state index >= 15 is 0 Å². The van der Waals surface area contributed by atoms with Gasteiger partial charge in [0, 0.05) is 6.04 Å². The number of nitrogens with one attached hydrogen (secondary N) is 1. The fourth-order valence-electron chi connectivity index (χ4n) is 3.50. The van der Waals surface area contributed by atoms with Gasteiger partial charge in [-0.2, -0.15) is 0 Å². The summed E-state index contributed by atoms with van der Waals surface area (Å²) < 4.78 is 0. The first-order valence-electron chi connectivity index (χ1n) is 8.48. The molecule has 1 atom stereocenters. The standard InChI is InChI=1S/C19H31N/c1-4-13-20-19(17-11-9-15(2)10-12-17)14-18-8-6-5-7-16(18)3/h5-8,15,17,19-20H,4,9-14H2,1-3H3. The number of hydrogen-bond donors (Lipinski definition) is 1. The Morgan fingerprint density at radius 1 is 1.15 bits per heavy atom. The van der Waals surface area contributed by atoms with Crippen molar-refractivity contribution >= 4 is 0 Å². The van der Waals surface area contributed by atoms with E-state index in [-0.39, 0.29) is 0 Å². The predicted octanol–water partition coefficient (Wildman–Crippen LogP) is 4.73. The molecule has 0 heterocycles. The molecule has 112 valence electrons. The third-order valence-electron chi connectivity index (χ3n) is 4.99. The Morgan fingerprint density at radius 2 is 1.85 bits per heavy atom. The summed E-state index contributed by atoms with van der Waals surface area (Å²) in [4.78, 5) is 0. The molecule has 0 aromatic heterocycles. The lowest BCUT2D eigenvalue weighted by Crippen LogP contribution is -2.40. The Bertz CT molecular complexity index is 391. The molecule has 0 amide bonds. The molecule has 20 heavy (non-hydrogen) atoms. The van der Waals surface area contributed by atoms with Crippen LogP contribution < -0.4 is 5.32 Å². The van der Waals surface area contributed by atoms with Crippen LogP contribution in [-0.2, 0) is 6.42 Å². The maximum Gasteiger partial charge on any atom is 0.0136 e. The lowest BCUT2D eigenvalue weighted by molar-refractivity contribution is 0.228. The summed E-state index contributed by atoms with van der Waals surface area (Å²) in [6, 6.07) is 9.55. The van der Waals surface area contributed by atoms with Crippen LogP contribution in [0.15, 0.2) is 24.3 Å². The number of aryl methyl sites for hydroxylation is 1. The molecule has 0 spiro atoms. The van der Waals surface area contributed by atoms with Gasteiger partial charge in [-0.25, -0.2) is 0 Å². The van der Waals surface area contributed by atoms with E-state index in [1.807, 2.05) is 0 Å². The monoisotopic (exact) mass is 273 g/mol. The minimum Gasteiger partial charge on any atom is -0.313 e. The lowest BCUT2D eigenvalue weighted by atomic mass is 9.77. The maximum absolute atomic E-state index is 3.83. The van der Waals surface area contributed by atoms with Crippen molar-refractivity contribution in [3.63, 3.8) is 0 Å². The van der Waals surface area contributed by atoms with E-state index in [2.05, 4.69) is 50.4 Å². The smallest absolute Gasteiger partial charge is 0.0136 e. The molecule has 0 saturated heterocycles. The molecule has 1 aromatic rings. The van der Waals surface area contributed by atoms with Crippen LogP contribution in [0.25, 0.3) is 0 Å². The van der Waals surface area contributed by atoms with Crippen molar-refractivity contribution in [2.45, 2.75) is 65.3 Å². The molecule has 1 fully saturated rings. The summed E-state index contributed by atoms with van der Waals surface area (Å²) in [5.41, 5.74) is 2.97. The third-order valence-corrected chi connectivity index (χ3v) is 4.99. The van der Waals surface area contributed by atoms with Gasteiger partial charge in [-0.3, -0.25) is 0 Å². The molecule has 0 aliphatic heterocycles. The van der Waals surface area contributed by atoms with Gasteiger partial charge in [0.1, 0.15) is 0 Å². The summed E-state index contributed by atoms with van der Waals surface area (Å²) in [5, 5.41) is 3.83. The van der Waals surface area contributed by atoms with Gasteiger partial charge in [0.15, 0.2) is 0 Å².